The Bertz CT molecular complexity index is 1130. The first kappa shape index (κ1) is 24.2. The SMILES string of the molecule is CC12CC[C@H]3C(CC[C@@]4(N)C[C@](C)(O)CC[C@]34C)[C@@H]1CC[C@@H]2C(O)Cn1ncc2ccc(Cl)cc21. The third-order valence-corrected chi connectivity index (χ3v) is 11.9. The highest BCUT2D eigenvalue weighted by Crippen LogP contribution is 2.68. The fourth-order valence-corrected chi connectivity index (χ4v) is 9.91. The maximum absolute atomic E-state index is 11.5. The zero-order chi connectivity index (χ0) is 24.8. The van der Waals surface area contributed by atoms with Crippen LogP contribution in [0.3, 0.4) is 0 Å². The molecule has 4 aliphatic rings. The number of nitrogens with two attached hydrogens (primary N) is 1. The van der Waals surface area contributed by atoms with Crippen LogP contribution in [0.1, 0.15) is 78.6 Å². The van der Waals surface area contributed by atoms with Crippen molar-refractivity contribution in [2.45, 2.75) is 102 Å². The maximum Gasteiger partial charge on any atom is 0.0769 e. The second-order valence-corrected chi connectivity index (χ2v) is 13.9. The lowest BCUT2D eigenvalue weighted by Gasteiger charge is -2.66. The van der Waals surface area contributed by atoms with E-state index in [9.17, 15) is 10.2 Å². The number of aliphatic hydroxyl groups excluding tert-OH is 1. The monoisotopic (exact) mass is 499 g/mol. The third-order valence-electron chi connectivity index (χ3n) is 11.7. The molecule has 2 aromatic rings. The molecule has 35 heavy (non-hydrogen) atoms. The molecule has 6 rings (SSSR count). The predicted octanol–water partition coefficient (Wildman–Crippen LogP) is 5.54. The summed E-state index contributed by atoms with van der Waals surface area (Å²) in [5.41, 5.74) is 7.50. The minimum Gasteiger partial charge on any atom is -0.391 e. The van der Waals surface area contributed by atoms with Crippen LogP contribution in [0.5, 0.6) is 0 Å². The van der Waals surface area contributed by atoms with Crippen LogP contribution in [0, 0.1) is 34.5 Å². The highest BCUT2D eigenvalue weighted by Gasteiger charge is 2.65. The van der Waals surface area contributed by atoms with Gasteiger partial charge in [-0.15, -0.1) is 0 Å². The smallest absolute Gasteiger partial charge is 0.0769 e. The van der Waals surface area contributed by atoms with E-state index in [4.69, 9.17) is 17.3 Å². The number of rotatable bonds is 3. The molecule has 0 spiro atoms. The number of aromatic nitrogens is 2. The van der Waals surface area contributed by atoms with Crippen molar-refractivity contribution in [2.24, 2.45) is 40.2 Å². The first-order valence-electron chi connectivity index (χ1n) is 13.8. The molecule has 0 radical (unpaired) electrons. The van der Waals surface area contributed by atoms with Crippen molar-refractivity contribution in [1.82, 2.24) is 9.78 Å². The largest absolute Gasteiger partial charge is 0.391 e. The Morgan fingerprint density at radius 2 is 1.89 bits per heavy atom. The van der Waals surface area contributed by atoms with Gasteiger partial charge < -0.3 is 15.9 Å². The summed E-state index contributed by atoms with van der Waals surface area (Å²) in [6, 6.07) is 5.83. The Labute approximate surface area is 214 Å². The van der Waals surface area contributed by atoms with Crippen molar-refractivity contribution < 1.29 is 10.2 Å². The summed E-state index contributed by atoms with van der Waals surface area (Å²) in [5, 5.41) is 28.7. The van der Waals surface area contributed by atoms with Gasteiger partial charge in [-0.05, 0) is 117 Å². The summed E-state index contributed by atoms with van der Waals surface area (Å²) in [5.74, 6) is 2.24. The highest BCUT2D eigenvalue weighted by molar-refractivity contribution is 6.31. The lowest BCUT2D eigenvalue weighted by atomic mass is 9.41. The topological polar surface area (TPSA) is 84.3 Å². The molecule has 4 aliphatic carbocycles. The molecule has 1 aromatic carbocycles. The lowest BCUT2D eigenvalue weighted by molar-refractivity contribution is -0.161. The number of halogens is 1. The zero-order valence-electron chi connectivity index (χ0n) is 21.5. The van der Waals surface area contributed by atoms with E-state index in [1.165, 1.54) is 12.8 Å². The van der Waals surface area contributed by atoms with Crippen molar-refractivity contribution in [3.05, 3.63) is 29.4 Å². The normalized spacial score (nSPS) is 46.1. The summed E-state index contributed by atoms with van der Waals surface area (Å²) in [7, 11) is 0. The fourth-order valence-electron chi connectivity index (χ4n) is 9.75. The van der Waals surface area contributed by atoms with Gasteiger partial charge in [0.25, 0.3) is 0 Å². The first-order chi connectivity index (χ1) is 16.5. The van der Waals surface area contributed by atoms with E-state index in [1.54, 1.807) is 0 Å². The Balaban J connectivity index is 1.23. The van der Waals surface area contributed by atoms with Gasteiger partial charge in [0.15, 0.2) is 0 Å². The first-order valence-corrected chi connectivity index (χ1v) is 14.1. The van der Waals surface area contributed by atoms with Crippen LogP contribution in [-0.4, -0.2) is 37.2 Å². The standard InChI is InChI=1S/C29H42ClN3O2/c1-26(35)12-13-28(3)22-9-10-27(2)21(20(22)8-11-29(28,31)17-26)6-7-23(27)25(34)16-33-24-14-19(30)5-4-18(24)15-32-33/h4-5,14-15,20-23,25,34-35H,6-13,16-17,31H2,1-3H3/t20?,21-,22-,23+,25?,26+,27?,28+,29+/m0/s1. The van der Waals surface area contributed by atoms with Gasteiger partial charge >= 0.3 is 0 Å². The van der Waals surface area contributed by atoms with E-state index < -0.39 is 11.7 Å². The van der Waals surface area contributed by atoms with E-state index in [0.717, 1.165) is 55.8 Å². The lowest BCUT2D eigenvalue weighted by Crippen LogP contribution is -2.68. The maximum atomic E-state index is 11.5. The van der Waals surface area contributed by atoms with Crippen molar-refractivity contribution in [3.63, 3.8) is 0 Å². The van der Waals surface area contributed by atoms with Gasteiger partial charge in [0, 0.05) is 15.9 Å². The van der Waals surface area contributed by atoms with Crippen molar-refractivity contribution in [2.75, 3.05) is 0 Å². The van der Waals surface area contributed by atoms with Crippen LogP contribution in [0.4, 0.5) is 0 Å². The van der Waals surface area contributed by atoms with Gasteiger partial charge in [-0.3, -0.25) is 4.68 Å². The number of hydrogen-bond acceptors (Lipinski definition) is 4. The molecule has 1 aromatic heterocycles. The Hall–Kier alpha value is -1.14. The van der Waals surface area contributed by atoms with Crippen molar-refractivity contribution in [1.29, 1.82) is 0 Å². The summed E-state index contributed by atoms with van der Waals surface area (Å²) < 4.78 is 1.94. The molecule has 192 valence electrons. The molecule has 0 amide bonds. The van der Waals surface area contributed by atoms with Crippen molar-refractivity contribution >= 4 is 22.5 Å². The summed E-state index contributed by atoms with van der Waals surface area (Å²) in [4.78, 5) is 0. The average molecular weight is 500 g/mol. The van der Waals surface area contributed by atoms with Gasteiger partial charge in [0.1, 0.15) is 0 Å². The molecule has 9 atom stereocenters. The number of benzene rings is 1. The number of nitrogens with zero attached hydrogens (tertiary/aromatic N) is 2. The molecule has 4 fully saturated rings. The molecule has 0 aliphatic heterocycles. The van der Waals surface area contributed by atoms with Crippen LogP contribution in [0.25, 0.3) is 10.9 Å². The fraction of sp³-hybridized carbons (Fsp3) is 0.759. The quantitative estimate of drug-likeness (QED) is 0.517. The molecule has 5 nitrogen and oxygen atoms in total. The van der Waals surface area contributed by atoms with Crippen LogP contribution in [0.15, 0.2) is 24.4 Å². The Morgan fingerprint density at radius 3 is 2.69 bits per heavy atom. The van der Waals surface area contributed by atoms with Crippen molar-refractivity contribution in [3.8, 4) is 0 Å². The number of fused-ring (bicyclic) bond motifs is 6. The van der Waals surface area contributed by atoms with Gasteiger partial charge in [-0.25, -0.2) is 0 Å². The van der Waals surface area contributed by atoms with Crippen LogP contribution >= 0.6 is 11.6 Å². The zero-order valence-corrected chi connectivity index (χ0v) is 22.3. The molecule has 1 heterocycles. The minimum absolute atomic E-state index is 0.101. The van der Waals surface area contributed by atoms with E-state index in [2.05, 4.69) is 18.9 Å². The molecule has 6 heteroatoms. The van der Waals surface area contributed by atoms with E-state index in [-0.39, 0.29) is 22.3 Å². The van der Waals surface area contributed by atoms with Gasteiger partial charge in [-0.2, -0.15) is 5.10 Å². The average Bonchev–Trinajstić information content (AvgIpc) is 3.34. The summed E-state index contributed by atoms with van der Waals surface area (Å²) in [6.07, 6.45) is 10.9. The minimum atomic E-state index is -0.631. The highest BCUT2D eigenvalue weighted by atomic mass is 35.5. The second-order valence-electron chi connectivity index (χ2n) is 13.5. The van der Waals surface area contributed by atoms with Crippen LogP contribution < -0.4 is 5.73 Å². The van der Waals surface area contributed by atoms with Gasteiger partial charge in [0.05, 0.1) is 30.0 Å². The Morgan fingerprint density at radius 1 is 1.09 bits per heavy atom. The van der Waals surface area contributed by atoms with Gasteiger partial charge in [0.2, 0.25) is 0 Å². The summed E-state index contributed by atoms with van der Waals surface area (Å²) in [6.45, 7) is 7.40. The number of hydrogen-bond donors (Lipinski definition) is 3. The molecule has 4 saturated carbocycles. The molecule has 3 unspecified atom stereocenters. The second kappa shape index (κ2) is 7.93. The Kier molecular flexibility index (Phi) is 5.48. The molecule has 0 bridgehead atoms. The predicted molar refractivity (Wildman–Crippen MR) is 140 cm³/mol. The third kappa shape index (κ3) is 3.55. The van der Waals surface area contributed by atoms with E-state index >= 15 is 0 Å². The van der Waals surface area contributed by atoms with Crippen LogP contribution in [0.2, 0.25) is 5.02 Å². The molecular weight excluding hydrogens is 458 g/mol. The number of aliphatic hydroxyl groups is 2. The van der Waals surface area contributed by atoms with E-state index in [1.807, 2.05) is 36.0 Å². The molecular formula is C29H42ClN3O2. The van der Waals surface area contributed by atoms with Crippen LogP contribution in [-0.2, 0) is 6.54 Å². The van der Waals surface area contributed by atoms with E-state index in [0.29, 0.717) is 29.3 Å². The van der Waals surface area contributed by atoms with Gasteiger partial charge in [-0.1, -0.05) is 25.4 Å². The molecule has 4 N–H and O–H groups in total. The summed E-state index contributed by atoms with van der Waals surface area (Å²) >= 11 is 6.25. The molecule has 0 saturated heterocycles.